The molecule has 0 aromatic carbocycles. The molecule has 0 unspecified atom stereocenters. The largest absolute Gasteiger partial charge is 0.465 e. The van der Waals surface area contributed by atoms with Crippen molar-refractivity contribution in [1.29, 1.82) is 0 Å². The molecule has 0 saturated carbocycles. The zero-order valence-electron chi connectivity index (χ0n) is 17.5. The first-order valence-electron chi connectivity index (χ1n) is 10.4. The lowest BCUT2D eigenvalue weighted by molar-refractivity contribution is -0.122. The van der Waals surface area contributed by atoms with Crippen molar-refractivity contribution < 1.29 is 23.9 Å². The molecule has 8 heteroatoms. The van der Waals surface area contributed by atoms with Gasteiger partial charge in [0.2, 0.25) is 5.91 Å². The second kappa shape index (κ2) is 9.43. The van der Waals surface area contributed by atoms with E-state index in [4.69, 9.17) is 9.47 Å². The quantitative estimate of drug-likeness (QED) is 0.705. The van der Waals surface area contributed by atoms with Crippen LogP contribution in [0.4, 0.5) is 0 Å². The molecule has 2 N–H and O–H groups in total. The summed E-state index contributed by atoms with van der Waals surface area (Å²) in [5.74, 6) is -0.213. The van der Waals surface area contributed by atoms with Crippen LogP contribution in [0.5, 0.6) is 0 Å². The van der Waals surface area contributed by atoms with Gasteiger partial charge in [-0.05, 0) is 51.0 Å². The highest BCUT2D eigenvalue weighted by molar-refractivity contribution is 6.00. The summed E-state index contributed by atoms with van der Waals surface area (Å²) in [7, 11) is 1.33. The summed E-state index contributed by atoms with van der Waals surface area (Å²) >= 11 is 0. The van der Waals surface area contributed by atoms with Crippen molar-refractivity contribution >= 4 is 17.8 Å². The highest BCUT2D eigenvalue weighted by Crippen LogP contribution is 2.25. The minimum atomic E-state index is -0.442. The molecule has 160 valence electrons. The molecular weight excluding hydrogens is 374 g/mol. The van der Waals surface area contributed by atoms with Crippen molar-refractivity contribution in [3.8, 4) is 0 Å². The number of likely N-dealkylation sites (tertiary alicyclic amines) is 1. The number of esters is 1. The second-order valence-electron chi connectivity index (χ2n) is 8.00. The second-order valence-corrected chi connectivity index (χ2v) is 8.00. The first-order chi connectivity index (χ1) is 13.9. The lowest BCUT2D eigenvalue weighted by Gasteiger charge is -2.31. The Morgan fingerprint density at radius 1 is 1.21 bits per heavy atom. The summed E-state index contributed by atoms with van der Waals surface area (Å²) in [6, 6.07) is 0. The van der Waals surface area contributed by atoms with E-state index in [1.807, 2.05) is 0 Å². The molecule has 1 aromatic heterocycles. The van der Waals surface area contributed by atoms with Crippen LogP contribution in [0.2, 0.25) is 0 Å². The SMILES string of the molecule is COC(=O)c1c(C)[nH]c(C(=O)N2CCC(CC(=O)NC[C@H]3CCCO3)CC2)c1C. The highest BCUT2D eigenvalue weighted by atomic mass is 16.5. The number of methoxy groups -OCH3 is 1. The molecule has 2 aliphatic rings. The average molecular weight is 405 g/mol. The van der Waals surface area contributed by atoms with Crippen molar-refractivity contribution in [3.05, 3.63) is 22.5 Å². The number of hydrogen-bond acceptors (Lipinski definition) is 5. The molecule has 2 saturated heterocycles. The van der Waals surface area contributed by atoms with Crippen LogP contribution in [-0.4, -0.2) is 67.1 Å². The van der Waals surface area contributed by atoms with E-state index in [1.54, 1.807) is 18.7 Å². The summed E-state index contributed by atoms with van der Waals surface area (Å²) in [5, 5.41) is 2.97. The van der Waals surface area contributed by atoms with Gasteiger partial charge in [0.15, 0.2) is 0 Å². The fourth-order valence-electron chi connectivity index (χ4n) is 4.24. The monoisotopic (exact) mass is 405 g/mol. The van der Waals surface area contributed by atoms with Gasteiger partial charge in [-0.3, -0.25) is 9.59 Å². The molecule has 0 radical (unpaired) electrons. The number of nitrogens with one attached hydrogen (secondary N) is 2. The third kappa shape index (κ3) is 4.98. The van der Waals surface area contributed by atoms with E-state index in [2.05, 4.69) is 10.3 Å². The number of aryl methyl sites for hydroxylation is 1. The molecule has 0 bridgehead atoms. The minimum Gasteiger partial charge on any atom is -0.465 e. The standard InChI is InChI=1S/C21H31N3O5/c1-13-18(21(27)28-3)14(2)23-19(13)20(26)24-8-6-15(7-9-24)11-17(25)22-12-16-5-4-10-29-16/h15-16,23H,4-12H2,1-3H3,(H,22,25)/t16-/m1/s1. The first kappa shape index (κ1) is 21.4. The van der Waals surface area contributed by atoms with Crippen LogP contribution in [0.15, 0.2) is 0 Å². The van der Waals surface area contributed by atoms with Crippen molar-refractivity contribution in [1.82, 2.24) is 15.2 Å². The Hall–Kier alpha value is -2.35. The van der Waals surface area contributed by atoms with Crippen LogP contribution in [0.3, 0.4) is 0 Å². The summed E-state index contributed by atoms with van der Waals surface area (Å²) in [6.07, 6.45) is 4.30. The van der Waals surface area contributed by atoms with Gasteiger partial charge in [-0.15, -0.1) is 0 Å². The van der Waals surface area contributed by atoms with Gasteiger partial charge in [0.25, 0.3) is 5.91 Å². The van der Waals surface area contributed by atoms with Gasteiger partial charge in [0.05, 0.1) is 18.8 Å². The normalized spacial score (nSPS) is 20.0. The van der Waals surface area contributed by atoms with E-state index in [0.717, 1.165) is 32.3 Å². The van der Waals surface area contributed by atoms with Gasteiger partial charge < -0.3 is 24.7 Å². The van der Waals surface area contributed by atoms with Gasteiger partial charge in [0, 0.05) is 38.4 Å². The average Bonchev–Trinajstić information content (AvgIpc) is 3.33. The number of amides is 2. The number of rotatable bonds is 6. The maximum Gasteiger partial charge on any atom is 0.339 e. The summed E-state index contributed by atoms with van der Waals surface area (Å²) in [6.45, 7) is 6.10. The maximum absolute atomic E-state index is 12.9. The Kier molecular flexibility index (Phi) is 6.95. The van der Waals surface area contributed by atoms with Crippen LogP contribution in [0, 0.1) is 19.8 Å². The van der Waals surface area contributed by atoms with Crippen LogP contribution < -0.4 is 5.32 Å². The Morgan fingerprint density at radius 3 is 2.55 bits per heavy atom. The van der Waals surface area contributed by atoms with Crippen LogP contribution in [0.1, 0.15) is 64.2 Å². The number of aromatic amines is 1. The third-order valence-corrected chi connectivity index (χ3v) is 5.97. The van der Waals surface area contributed by atoms with Gasteiger partial charge in [-0.2, -0.15) is 0 Å². The predicted octanol–water partition coefficient (Wildman–Crippen LogP) is 1.96. The Morgan fingerprint density at radius 2 is 1.93 bits per heavy atom. The fraction of sp³-hybridized carbons (Fsp3) is 0.667. The minimum absolute atomic E-state index is 0.0591. The molecule has 1 aromatic rings. The number of hydrogen-bond donors (Lipinski definition) is 2. The molecule has 2 amide bonds. The number of ether oxygens (including phenoxy) is 2. The topological polar surface area (TPSA) is 101 Å². The summed E-state index contributed by atoms with van der Waals surface area (Å²) in [4.78, 5) is 41.9. The molecule has 0 aliphatic carbocycles. The van der Waals surface area contributed by atoms with Gasteiger partial charge in [0.1, 0.15) is 5.69 Å². The molecule has 3 rings (SSSR count). The summed E-state index contributed by atoms with van der Waals surface area (Å²) in [5.41, 5.74) is 2.12. The first-order valence-corrected chi connectivity index (χ1v) is 10.4. The highest BCUT2D eigenvalue weighted by Gasteiger charge is 2.29. The van der Waals surface area contributed by atoms with Crippen molar-refractivity contribution in [3.63, 3.8) is 0 Å². The molecule has 8 nitrogen and oxygen atoms in total. The van der Waals surface area contributed by atoms with Gasteiger partial charge in [-0.1, -0.05) is 0 Å². The molecule has 3 heterocycles. The van der Waals surface area contributed by atoms with Crippen LogP contribution in [-0.2, 0) is 14.3 Å². The van der Waals surface area contributed by atoms with E-state index in [1.165, 1.54) is 7.11 Å². The molecule has 2 aliphatic heterocycles. The van der Waals surface area contributed by atoms with E-state index >= 15 is 0 Å². The fourth-order valence-corrected chi connectivity index (χ4v) is 4.24. The number of H-pyrrole nitrogens is 1. The van der Waals surface area contributed by atoms with E-state index < -0.39 is 5.97 Å². The zero-order chi connectivity index (χ0) is 21.0. The maximum atomic E-state index is 12.9. The van der Waals surface area contributed by atoms with Crippen molar-refractivity contribution in [2.24, 2.45) is 5.92 Å². The number of nitrogens with zero attached hydrogens (tertiary/aromatic N) is 1. The Bertz CT molecular complexity index is 759. The van der Waals surface area contributed by atoms with E-state index in [9.17, 15) is 14.4 Å². The lowest BCUT2D eigenvalue weighted by Crippen LogP contribution is -2.40. The van der Waals surface area contributed by atoms with E-state index in [0.29, 0.717) is 48.6 Å². The molecule has 2 fully saturated rings. The molecule has 29 heavy (non-hydrogen) atoms. The van der Waals surface area contributed by atoms with Gasteiger partial charge in [-0.25, -0.2) is 4.79 Å². The zero-order valence-corrected chi connectivity index (χ0v) is 17.5. The summed E-state index contributed by atoms with van der Waals surface area (Å²) < 4.78 is 10.3. The van der Waals surface area contributed by atoms with Gasteiger partial charge >= 0.3 is 5.97 Å². The van der Waals surface area contributed by atoms with Crippen LogP contribution in [0.25, 0.3) is 0 Å². The van der Waals surface area contributed by atoms with Crippen molar-refractivity contribution in [2.45, 2.75) is 52.1 Å². The number of aromatic nitrogens is 1. The smallest absolute Gasteiger partial charge is 0.339 e. The Labute approximate surface area is 171 Å². The number of carbonyl (C=O) groups excluding carboxylic acids is 3. The van der Waals surface area contributed by atoms with Crippen molar-refractivity contribution in [2.75, 3.05) is 33.4 Å². The van der Waals surface area contributed by atoms with Crippen LogP contribution >= 0.6 is 0 Å². The Balaban J connectivity index is 1.49. The molecule has 1 atom stereocenters. The van der Waals surface area contributed by atoms with E-state index in [-0.39, 0.29) is 23.8 Å². The number of carbonyl (C=O) groups is 3. The third-order valence-electron chi connectivity index (χ3n) is 5.97. The lowest BCUT2D eigenvalue weighted by atomic mass is 9.93. The molecule has 0 spiro atoms. The number of piperidine rings is 1. The molecular formula is C21H31N3O5. The predicted molar refractivity (Wildman–Crippen MR) is 107 cm³/mol.